The Morgan fingerprint density at radius 1 is 0.237 bits per heavy atom. The molecule has 8 aromatic carbocycles. The minimum Gasteiger partial charge on any atom is -0.0616 e. The topological polar surface area (TPSA) is 0 Å². The Bertz CT molecular complexity index is 2180. The maximum Gasteiger partial charge on any atom is -0.00926 e. The van der Waals surface area contributed by atoms with Crippen LogP contribution in [0.1, 0.15) is 0 Å². The average molecular weight is 481 g/mol. The predicted molar refractivity (Wildman–Crippen MR) is 165 cm³/mol. The monoisotopic (exact) mass is 480 g/mol. The Balaban J connectivity index is 1.43. The number of benzene rings is 8. The van der Waals surface area contributed by atoms with E-state index < -0.39 is 0 Å². The molecule has 0 atom stereocenters. The Hall–Kier alpha value is -4.94. The molecule has 8 rings (SSSR count). The van der Waals surface area contributed by atoms with Crippen LogP contribution in [0.5, 0.6) is 0 Å². The highest BCUT2D eigenvalue weighted by molar-refractivity contribution is 6.20. The first-order valence-electron chi connectivity index (χ1n) is 13.2. The van der Waals surface area contributed by atoms with E-state index in [4.69, 9.17) is 0 Å². The maximum atomic E-state index is 2.40. The first-order chi connectivity index (χ1) is 18.8. The molecule has 38 heavy (non-hydrogen) atoms. The zero-order chi connectivity index (χ0) is 25.1. The van der Waals surface area contributed by atoms with Crippen LogP contribution in [0.3, 0.4) is 0 Å². The van der Waals surface area contributed by atoms with Crippen LogP contribution >= 0.6 is 0 Å². The Labute approximate surface area is 221 Å². The summed E-state index contributed by atoms with van der Waals surface area (Å²) >= 11 is 0. The zero-order valence-corrected chi connectivity index (χ0v) is 20.9. The normalized spacial score (nSPS) is 11.7. The van der Waals surface area contributed by atoms with Crippen molar-refractivity contribution in [2.75, 3.05) is 0 Å². The number of rotatable bonds is 2. The van der Waals surface area contributed by atoms with E-state index in [0.717, 1.165) is 0 Å². The molecule has 0 unspecified atom stereocenters. The van der Waals surface area contributed by atoms with E-state index in [1.165, 1.54) is 76.1 Å². The second kappa shape index (κ2) is 8.30. The molecule has 0 radical (unpaired) electrons. The van der Waals surface area contributed by atoms with Crippen molar-refractivity contribution in [2.45, 2.75) is 0 Å². The van der Waals surface area contributed by atoms with Gasteiger partial charge in [-0.3, -0.25) is 0 Å². The fraction of sp³-hybridized carbons (Fsp3) is 0. The van der Waals surface area contributed by atoms with Crippen LogP contribution in [0.4, 0.5) is 0 Å². The lowest BCUT2D eigenvalue weighted by Gasteiger charge is -2.16. The second-order valence-electron chi connectivity index (χ2n) is 10.2. The van der Waals surface area contributed by atoms with Crippen LogP contribution in [-0.2, 0) is 0 Å². The molecule has 0 fully saturated rings. The van der Waals surface area contributed by atoms with Gasteiger partial charge in [-0.15, -0.1) is 0 Å². The van der Waals surface area contributed by atoms with Crippen molar-refractivity contribution in [3.8, 4) is 22.3 Å². The van der Waals surface area contributed by atoms with Gasteiger partial charge < -0.3 is 0 Å². The van der Waals surface area contributed by atoms with Gasteiger partial charge in [0.25, 0.3) is 0 Å². The molecule has 0 heteroatoms. The third-order valence-corrected chi connectivity index (χ3v) is 8.00. The van der Waals surface area contributed by atoms with E-state index in [9.17, 15) is 0 Å². The lowest BCUT2D eigenvalue weighted by atomic mass is 9.88. The van der Waals surface area contributed by atoms with Crippen molar-refractivity contribution in [2.24, 2.45) is 0 Å². The van der Waals surface area contributed by atoms with Gasteiger partial charge in [0.05, 0.1) is 0 Å². The van der Waals surface area contributed by atoms with Crippen LogP contribution in [0.15, 0.2) is 146 Å². The van der Waals surface area contributed by atoms with Crippen molar-refractivity contribution in [1.82, 2.24) is 0 Å². The van der Waals surface area contributed by atoms with Crippen LogP contribution in [0.2, 0.25) is 0 Å². The molecule has 0 aliphatic rings. The SMILES string of the molecule is c1ccc2cc(-c3ccc4c(c3)cc(-c3cc5ccccc5c5ccccc35)c3ccccc34)ccc2c1. The van der Waals surface area contributed by atoms with E-state index in [1.54, 1.807) is 0 Å². The zero-order valence-electron chi connectivity index (χ0n) is 20.9. The molecular weight excluding hydrogens is 456 g/mol. The molecule has 0 N–H and O–H groups in total. The van der Waals surface area contributed by atoms with E-state index >= 15 is 0 Å². The molecule has 0 heterocycles. The van der Waals surface area contributed by atoms with Gasteiger partial charge >= 0.3 is 0 Å². The van der Waals surface area contributed by atoms with Crippen molar-refractivity contribution in [3.63, 3.8) is 0 Å². The quantitative estimate of drug-likeness (QED) is 0.216. The summed E-state index contributed by atoms with van der Waals surface area (Å²) in [6.07, 6.45) is 0. The smallest absolute Gasteiger partial charge is 0.00926 e. The molecular formula is C38H24. The fourth-order valence-corrected chi connectivity index (χ4v) is 6.16. The second-order valence-corrected chi connectivity index (χ2v) is 10.2. The highest BCUT2D eigenvalue weighted by Gasteiger charge is 2.14. The van der Waals surface area contributed by atoms with Gasteiger partial charge in [-0.05, 0) is 100 Å². The van der Waals surface area contributed by atoms with Gasteiger partial charge in [-0.1, -0.05) is 121 Å². The van der Waals surface area contributed by atoms with E-state index in [-0.39, 0.29) is 0 Å². The summed E-state index contributed by atoms with van der Waals surface area (Å²) in [5.74, 6) is 0. The highest BCUT2D eigenvalue weighted by atomic mass is 14.2. The summed E-state index contributed by atoms with van der Waals surface area (Å²) in [4.78, 5) is 0. The first-order valence-corrected chi connectivity index (χ1v) is 13.2. The number of hydrogen-bond donors (Lipinski definition) is 0. The molecule has 0 amide bonds. The van der Waals surface area contributed by atoms with Crippen molar-refractivity contribution in [3.05, 3.63) is 146 Å². The van der Waals surface area contributed by atoms with E-state index in [2.05, 4.69) is 146 Å². The molecule has 0 saturated heterocycles. The Morgan fingerprint density at radius 2 is 0.684 bits per heavy atom. The van der Waals surface area contributed by atoms with E-state index in [1.807, 2.05) is 0 Å². The summed E-state index contributed by atoms with van der Waals surface area (Å²) in [7, 11) is 0. The maximum absolute atomic E-state index is 2.40. The molecule has 176 valence electrons. The Kier molecular flexibility index (Phi) is 4.62. The first kappa shape index (κ1) is 21.2. The number of hydrogen-bond acceptors (Lipinski definition) is 0. The van der Waals surface area contributed by atoms with Crippen LogP contribution in [0.25, 0.3) is 76.1 Å². The van der Waals surface area contributed by atoms with Crippen molar-refractivity contribution >= 4 is 53.9 Å². The third kappa shape index (κ3) is 3.24. The number of fused-ring (bicyclic) bond motifs is 7. The van der Waals surface area contributed by atoms with Crippen LogP contribution in [0, 0.1) is 0 Å². The average Bonchev–Trinajstić information content (AvgIpc) is 3.00. The molecule has 8 aromatic rings. The summed E-state index contributed by atoms with van der Waals surface area (Å²) in [5.41, 5.74) is 5.06. The minimum absolute atomic E-state index is 1.24. The predicted octanol–water partition coefficient (Wildman–Crippen LogP) is 10.8. The standard InChI is InChI=1S/C38H24/c1-2-10-26-21-27(18-17-25(26)9-1)28-19-20-32-30(22-28)24-38(36-16-8-6-14-34(32)36)37-23-29-11-3-4-12-31(29)33-13-5-7-15-35(33)37/h1-24H. The summed E-state index contributed by atoms with van der Waals surface area (Å²) in [6, 6.07) is 53.4. The van der Waals surface area contributed by atoms with Gasteiger partial charge in [0.1, 0.15) is 0 Å². The molecule has 0 saturated carbocycles. The van der Waals surface area contributed by atoms with Gasteiger partial charge in [-0.2, -0.15) is 0 Å². The molecule has 0 bridgehead atoms. The van der Waals surface area contributed by atoms with Gasteiger partial charge in [0.15, 0.2) is 0 Å². The molecule has 0 aliphatic heterocycles. The van der Waals surface area contributed by atoms with Crippen molar-refractivity contribution < 1.29 is 0 Å². The molecule has 0 nitrogen and oxygen atoms in total. The van der Waals surface area contributed by atoms with Gasteiger partial charge in [0, 0.05) is 0 Å². The van der Waals surface area contributed by atoms with Crippen LogP contribution in [-0.4, -0.2) is 0 Å². The summed E-state index contributed by atoms with van der Waals surface area (Å²) in [6.45, 7) is 0. The van der Waals surface area contributed by atoms with E-state index in [0.29, 0.717) is 0 Å². The van der Waals surface area contributed by atoms with Gasteiger partial charge in [0.2, 0.25) is 0 Å². The van der Waals surface area contributed by atoms with Crippen LogP contribution < -0.4 is 0 Å². The van der Waals surface area contributed by atoms with Crippen molar-refractivity contribution in [1.29, 1.82) is 0 Å². The fourth-order valence-electron chi connectivity index (χ4n) is 6.16. The Morgan fingerprint density at radius 3 is 1.37 bits per heavy atom. The highest BCUT2D eigenvalue weighted by Crippen LogP contribution is 2.41. The lowest BCUT2D eigenvalue weighted by Crippen LogP contribution is -1.88. The molecule has 0 aromatic heterocycles. The molecule has 0 aliphatic carbocycles. The summed E-state index contributed by atoms with van der Waals surface area (Å²) < 4.78 is 0. The van der Waals surface area contributed by atoms with Gasteiger partial charge in [-0.25, -0.2) is 0 Å². The molecule has 0 spiro atoms. The third-order valence-electron chi connectivity index (χ3n) is 8.00. The minimum atomic E-state index is 1.24. The lowest BCUT2D eigenvalue weighted by molar-refractivity contribution is 1.67. The summed E-state index contributed by atoms with van der Waals surface area (Å²) in [5, 5.41) is 12.9. The largest absolute Gasteiger partial charge is 0.0616 e.